The van der Waals surface area contributed by atoms with E-state index < -0.39 is 10.1 Å². The number of aromatic nitrogens is 3. The maximum Gasteiger partial charge on any atom is 0.274 e. The van der Waals surface area contributed by atoms with Crippen LogP contribution >= 0.6 is 15.9 Å². The summed E-state index contributed by atoms with van der Waals surface area (Å²) >= 11 is 3.26. The summed E-state index contributed by atoms with van der Waals surface area (Å²) in [4.78, 5) is 4.05. The molecule has 1 heterocycles. The monoisotopic (exact) mass is 345 g/mol. The molecule has 0 fully saturated rings. The average molecular weight is 346 g/mol. The maximum absolute atomic E-state index is 11.3. The molecule has 0 amide bonds. The predicted octanol–water partition coefficient (Wildman–Crippen LogP) is 1.81. The van der Waals surface area contributed by atoms with Gasteiger partial charge in [0.1, 0.15) is 5.75 Å². The SMILES string of the molecule is COS(=O)(=O)Cc1nc(Br)n(-c2ccc(C)cc2)n1. The lowest BCUT2D eigenvalue weighted by Gasteiger charge is -2.01. The molecule has 0 atom stereocenters. The normalized spacial score (nSPS) is 11.7. The van der Waals surface area contributed by atoms with Crippen molar-refractivity contribution in [3.05, 3.63) is 40.4 Å². The van der Waals surface area contributed by atoms with Gasteiger partial charge < -0.3 is 0 Å². The third kappa shape index (κ3) is 3.40. The van der Waals surface area contributed by atoms with Crippen LogP contribution in [-0.2, 0) is 20.1 Å². The van der Waals surface area contributed by atoms with E-state index in [0.29, 0.717) is 4.73 Å². The van der Waals surface area contributed by atoms with Crippen LogP contribution in [0.5, 0.6) is 0 Å². The van der Waals surface area contributed by atoms with Crippen molar-refractivity contribution < 1.29 is 12.6 Å². The zero-order valence-corrected chi connectivity index (χ0v) is 12.8. The highest BCUT2D eigenvalue weighted by Gasteiger charge is 2.16. The van der Waals surface area contributed by atoms with E-state index in [4.69, 9.17) is 0 Å². The van der Waals surface area contributed by atoms with Gasteiger partial charge in [-0.25, -0.2) is 9.67 Å². The first-order valence-electron chi connectivity index (χ1n) is 5.38. The topological polar surface area (TPSA) is 74.1 Å². The third-order valence-corrected chi connectivity index (χ3v) is 4.08. The third-order valence-electron chi connectivity index (χ3n) is 2.45. The van der Waals surface area contributed by atoms with Gasteiger partial charge in [0, 0.05) is 0 Å². The van der Waals surface area contributed by atoms with E-state index in [1.54, 1.807) is 0 Å². The Balaban J connectivity index is 2.34. The zero-order chi connectivity index (χ0) is 14.0. The number of nitrogens with zero attached hydrogens (tertiary/aromatic N) is 3. The molecular weight excluding hydrogens is 334 g/mol. The smallest absolute Gasteiger partial charge is 0.273 e. The van der Waals surface area contributed by atoms with E-state index in [1.807, 2.05) is 31.2 Å². The van der Waals surface area contributed by atoms with Crippen molar-refractivity contribution in [1.82, 2.24) is 14.8 Å². The molecule has 2 rings (SSSR count). The van der Waals surface area contributed by atoms with Crippen LogP contribution in [0.2, 0.25) is 0 Å². The lowest BCUT2D eigenvalue weighted by atomic mass is 10.2. The Bertz CT molecular complexity index is 680. The number of hydrogen-bond donors (Lipinski definition) is 0. The van der Waals surface area contributed by atoms with Gasteiger partial charge in [-0.05, 0) is 35.0 Å². The average Bonchev–Trinajstić information content (AvgIpc) is 2.70. The maximum atomic E-state index is 11.3. The summed E-state index contributed by atoms with van der Waals surface area (Å²) in [6, 6.07) is 7.64. The molecule has 1 aromatic carbocycles. The van der Waals surface area contributed by atoms with Crippen LogP contribution in [0, 0.1) is 6.92 Å². The molecule has 19 heavy (non-hydrogen) atoms. The molecule has 0 spiro atoms. The second-order valence-corrected chi connectivity index (χ2v) is 6.36. The minimum atomic E-state index is -3.62. The fourth-order valence-electron chi connectivity index (χ4n) is 1.46. The van der Waals surface area contributed by atoms with Crippen molar-refractivity contribution in [1.29, 1.82) is 0 Å². The Labute approximate surface area is 119 Å². The zero-order valence-electron chi connectivity index (χ0n) is 10.4. The number of halogens is 1. The summed E-state index contributed by atoms with van der Waals surface area (Å²) in [5.74, 6) is -0.185. The lowest BCUT2D eigenvalue weighted by Crippen LogP contribution is -2.07. The van der Waals surface area contributed by atoms with Crippen LogP contribution in [0.25, 0.3) is 5.69 Å². The molecule has 0 aliphatic carbocycles. The first-order valence-corrected chi connectivity index (χ1v) is 7.75. The standard InChI is InChI=1S/C11H12BrN3O3S/c1-8-3-5-9(6-4-8)15-11(12)13-10(14-15)7-19(16,17)18-2/h3-6H,7H2,1-2H3. The van der Waals surface area contributed by atoms with Crippen molar-refractivity contribution >= 4 is 26.0 Å². The van der Waals surface area contributed by atoms with E-state index in [9.17, 15) is 8.42 Å². The van der Waals surface area contributed by atoms with Crippen LogP contribution in [-0.4, -0.2) is 30.3 Å². The highest BCUT2D eigenvalue weighted by Crippen LogP contribution is 2.16. The highest BCUT2D eigenvalue weighted by molar-refractivity contribution is 9.10. The fraction of sp³-hybridized carbons (Fsp3) is 0.273. The first kappa shape index (κ1) is 14.2. The summed E-state index contributed by atoms with van der Waals surface area (Å²) in [5, 5.41) is 4.14. The molecule has 6 nitrogen and oxygen atoms in total. The van der Waals surface area contributed by atoms with Gasteiger partial charge in [0.2, 0.25) is 0 Å². The van der Waals surface area contributed by atoms with Gasteiger partial charge in [0.15, 0.2) is 10.6 Å². The predicted molar refractivity (Wildman–Crippen MR) is 73.4 cm³/mol. The minimum Gasteiger partial charge on any atom is -0.273 e. The molecule has 2 aromatic rings. The van der Waals surface area contributed by atoms with Gasteiger partial charge in [-0.3, -0.25) is 4.18 Å². The number of aryl methyl sites for hydroxylation is 1. The van der Waals surface area contributed by atoms with E-state index in [-0.39, 0.29) is 11.6 Å². The number of hydrogen-bond acceptors (Lipinski definition) is 5. The molecule has 0 bridgehead atoms. The van der Waals surface area contributed by atoms with Gasteiger partial charge in [-0.15, -0.1) is 5.10 Å². The van der Waals surface area contributed by atoms with E-state index in [2.05, 4.69) is 30.2 Å². The van der Waals surface area contributed by atoms with E-state index in [1.165, 1.54) is 4.68 Å². The molecule has 8 heteroatoms. The highest BCUT2D eigenvalue weighted by atomic mass is 79.9. The first-order chi connectivity index (χ1) is 8.91. The van der Waals surface area contributed by atoms with Gasteiger partial charge >= 0.3 is 0 Å². The van der Waals surface area contributed by atoms with Crippen molar-refractivity contribution in [3.63, 3.8) is 0 Å². The second kappa shape index (κ2) is 5.40. The number of benzene rings is 1. The van der Waals surface area contributed by atoms with Crippen LogP contribution < -0.4 is 0 Å². The van der Waals surface area contributed by atoms with E-state index in [0.717, 1.165) is 18.4 Å². The molecule has 0 radical (unpaired) electrons. The minimum absolute atomic E-state index is 0.175. The van der Waals surface area contributed by atoms with Crippen molar-refractivity contribution in [2.24, 2.45) is 0 Å². The molecule has 0 N–H and O–H groups in total. The summed E-state index contributed by atoms with van der Waals surface area (Å²) in [7, 11) is -2.51. The molecular formula is C11H12BrN3O3S. The van der Waals surface area contributed by atoms with Gasteiger partial charge in [0.05, 0.1) is 12.8 Å². The van der Waals surface area contributed by atoms with Crippen LogP contribution in [0.15, 0.2) is 29.0 Å². The Hall–Kier alpha value is -1.25. The molecule has 0 unspecified atom stereocenters. The molecule has 102 valence electrons. The fourth-order valence-corrected chi connectivity index (χ4v) is 2.51. The second-order valence-electron chi connectivity index (χ2n) is 3.91. The summed E-state index contributed by atoms with van der Waals surface area (Å²) < 4.78 is 29.0. The van der Waals surface area contributed by atoms with Crippen LogP contribution in [0.1, 0.15) is 11.4 Å². The molecule has 0 saturated heterocycles. The Kier molecular flexibility index (Phi) is 4.02. The summed E-state index contributed by atoms with van der Waals surface area (Å²) in [5.41, 5.74) is 1.92. The largest absolute Gasteiger partial charge is 0.274 e. The molecule has 1 aromatic heterocycles. The van der Waals surface area contributed by atoms with Crippen molar-refractivity contribution in [2.45, 2.75) is 12.7 Å². The Morgan fingerprint density at radius 2 is 1.95 bits per heavy atom. The lowest BCUT2D eigenvalue weighted by molar-refractivity contribution is 0.396. The van der Waals surface area contributed by atoms with E-state index >= 15 is 0 Å². The van der Waals surface area contributed by atoms with Crippen LogP contribution in [0.4, 0.5) is 0 Å². The van der Waals surface area contributed by atoms with Gasteiger partial charge in [-0.2, -0.15) is 8.42 Å². The molecule has 0 aliphatic rings. The molecule has 0 aliphatic heterocycles. The van der Waals surface area contributed by atoms with Crippen molar-refractivity contribution in [3.8, 4) is 5.69 Å². The number of rotatable bonds is 4. The van der Waals surface area contributed by atoms with Gasteiger partial charge in [0.25, 0.3) is 10.1 Å². The quantitative estimate of drug-likeness (QED) is 0.790. The van der Waals surface area contributed by atoms with Crippen molar-refractivity contribution in [2.75, 3.05) is 7.11 Å². The molecule has 0 saturated carbocycles. The Morgan fingerprint density at radius 1 is 1.32 bits per heavy atom. The van der Waals surface area contributed by atoms with Gasteiger partial charge in [-0.1, -0.05) is 17.7 Å². The summed E-state index contributed by atoms with van der Waals surface area (Å²) in [6.45, 7) is 1.98. The Morgan fingerprint density at radius 3 is 2.53 bits per heavy atom. The van der Waals surface area contributed by atoms with Crippen LogP contribution in [0.3, 0.4) is 0 Å². The summed E-state index contributed by atoms with van der Waals surface area (Å²) in [6.07, 6.45) is 0.